The van der Waals surface area contributed by atoms with Crippen LogP contribution in [0.5, 0.6) is 17.2 Å². The van der Waals surface area contributed by atoms with E-state index in [2.05, 4.69) is 88.1 Å². The number of fused-ring (bicyclic) bond motifs is 4. The lowest BCUT2D eigenvalue weighted by Crippen LogP contribution is -2.47. The molecule has 7 N–H and O–H groups in total. The molecular formula is C101H134F3N25O13. The van der Waals surface area contributed by atoms with Crippen molar-refractivity contribution in [3.8, 4) is 17.2 Å². The third-order valence-corrected chi connectivity index (χ3v) is 27.6. The molecule has 9 heterocycles. The molecule has 8 aromatic rings. The predicted molar refractivity (Wildman–Crippen MR) is 542 cm³/mol. The van der Waals surface area contributed by atoms with Gasteiger partial charge in [-0.15, -0.1) is 0 Å². The van der Waals surface area contributed by atoms with Crippen molar-refractivity contribution in [2.75, 3.05) is 207 Å². The number of rotatable bonds is 22. The molecule has 9 aliphatic rings. The highest BCUT2D eigenvalue weighted by Gasteiger charge is 2.47. The number of benzene rings is 4. The Morgan fingerprint density at radius 1 is 0.408 bits per heavy atom. The van der Waals surface area contributed by atoms with Crippen molar-refractivity contribution in [3.05, 3.63) is 115 Å². The Kier molecular flexibility index (Phi) is 32.4. The summed E-state index contributed by atoms with van der Waals surface area (Å²) in [5.74, 6) is 4.85. The van der Waals surface area contributed by atoms with Crippen LogP contribution in [0.2, 0.25) is 0 Å². The zero-order chi connectivity index (χ0) is 102. The van der Waals surface area contributed by atoms with E-state index < -0.39 is 46.4 Å². The second kappa shape index (κ2) is 44.2. The van der Waals surface area contributed by atoms with Gasteiger partial charge >= 0.3 is 12.3 Å². The molecule has 38 nitrogen and oxygen atoms in total. The van der Waals surface area contributed by atoms with Crippen molar-refractivity contribution in [2.45, 2.75) is 188 Å². The minimum Gasteiger partial charge on any atom is -0.495 e. The molecule has 762 valence electrons. The van der Waals surface area contributed by atoms with Crippen LogP contribution in [0.4, 0.5) is 122 Å². The Morgan fingerprint density at radius 2 is 0.746 bits per heavy atom. The first kappa shape index (κ1) is 104. The molecule has 8 amide bonds. The fourth-order valence-corrected chi connectivity index (χ4v) is 20.0. The van der Waals surface area contributed by atoms with E-state index in [1.54, 1.807) is 116 Å². The molecule has 0 radical (unpaired) electrons. The normalized spacial score (nSPS) is 18.6. The fraction of sp³-hybridized carbons (Fsp3) is 0.525. The second-order valence-electron chi connectivity index (χ2n) is 40.2. The zero-order valence-corrected chi connectivity index (χ0v) is 84.5. The van der Waals surface area contributed by atoms with Crippen LogP contribution in [0.3, 0.4) is 0 Å². The zero-order valence-electron chi connectivity index (χ0n) is 84.5. The van der Waals surface area contributed by atoms with Crippen LogP contribution in [0, 0.1) is 21.7 Å². The third kappa shape index (κ3) is 24.2. The van der Waals surface area contributed by atoms with Crippen LogP contribution in [-0.4, -0.2) is 264 Å². The molecular weight excluding hydrogens is 1830 g/mol. The molecule has 41 heteroatoms. The molecule has 4 aromatic heterocycles. The van der Waals surface area contributed by atoms with Crippen molar-refractivity contribution < 1.29 is 75.2 Å². The number of alkyl halides is 3. The Balaban J connectivity index is 0.000000150. The van der Waals surface area contributed by atoms with E-state index >= 15 is 0 Å². The van der Waals surface area contributed by atoms with Gasteiger partial charge in [0.1, 0.15) is 53.1 Å². The van der Waals surface area contributed by atoms with Gasteiger partial charge in [0.15, 0.2) is 23.3 Å². The Bertz CT molecular complexity index is 5920. The summed E-state index contributed by atoms with van der Waals surface area (Å²) in [7, 11) is 16.5. The molecule has 142 heavy (non-hydrogen) atoms. The van der Waals surface area contributed by atoms with Crippen molar-refractivity contribution >= 4 is 151 Å². The van der Waals surface area contributed by atoms with Crippen LogP contribution < -0.4 is 90.6 Å². The number of anilines is 18. The SMILES string of the molecule is CN1CCN(C(=O)c2cccc(Nc3ncc4c(n3)N(C3CCCC3)CC(C)(C)C(=O)N4C)c2)CC1.COC(=O)Nc1ccc(Nc2ncc3c(n2)N(C2CCCC2)CC(C)(C)C(=O)N3C)c(OC)c1.COCC(=O)Nc1ccc(Nc2ncc3c(n2)N(C2CCCC2)CC(C)(C)C(=O)N3C)c(OC)c1.COc1cc(C(=O)NCC(F)(F)F)ccc1Nc1ncc2c(n1)N(C1CCCC1)CC(C)(C)C(=O)N2C. The van der Waals surface area contributed by atoms with E-state index in [9.17, 15) is 51.5 Å². The summed E-state index contributed by atoms with van der Waals surface area (Å²) in [5, 5.41) is 20.1. The number of hydrogen-bond acceptors (Lipinski definition) is 30. The van der Waals surface area contributed by atoms with Gasteiger partial charge in [-0.3, -0.25) is 38.9 Å². The molecule has 1 saturated heterocycles. The summed E-state index contributed by atoms with van der Waals surface area (Å²) in [6, 6.07) is 23.6. The van der Waals surface area contributed by atoms with E-state index in [-0.39, 0.29) is 65.4 Å². The molecule has 0 atom stereocenters. The standard InChI is InChI=1S/C27H37N7O2.C25H31F3N6O3.C25H34N6O4.C24H32N6O4/c1-27(2)18-34(21-10-5-6-11-21)23-22(32(4)25(27)36)17-28-26(30-23)29-20-9-7-8-19(16-20)24(35)33-14-12-31(3)13-15-33;1-24(2)14-34(16-7-5-6-8-16)20-18(33(3)22(24)36)12-29-23(32-20)31-17-10-9-15(11-19(17)37-4)21(35)30-13-25(26,27)28;1-25(2)15-31(17-8-6-7-9-17)22-19(30(3)23(25)33)13-26-24(29-22)28-18-11-10-16(12-20(18)35-5)27-21(32)14-34-4;1-24(2)14-30(16-8-6-7-9-16)20-18(29(3)21(24)31)13-25-22(28-20)27-17-11-10-15(12-19(17)33-4)26-23(32)34-5/h7-9,16-17,21H,5-6,10-15,18H2,1-4H3,(H,28,29,30);9-12,16H,5-8,13-14H2,1-4H3,(H,30,35)(H,29,31,32);10-13,17H,6-9,14-15H2,1-5H3,(H,27,32)(H,26,28,29);10-13,16H,6-9,14H2,1-5H3,(H,26,32)(H,25,27,28). The molecule has 17 rings (SSSR count). The van der Waals surface area contributed by atoms with Crippen LogP contribution in [0.25, 0.3) is 0 Å². The number of nitrogens with zero attached hydrogens (tertiary/aromatic N) is 18. The first-order valence-electron chi connectivity index (χ1n) is 48.4. The minimum absolute atomic E-state index is 0.0142. The highest BCUT2D eigenvalue weighted by Crippen LogP contribution is 2.48. The topological polar surface area (TPSA) is 402 Å². The van der Waals surface area contributed by atoms with Gasteiger partial charge in [0, 0.05) is 152 Å². The number of likely N-dealkylation sites (N-methyl/N-ethyl adjacent to an activating group) is 1. The predicted octanol–water partition coefficient (Wildman–Crippen LogP) is 15.4. The lowest BCUT2D eigenvalue weighted by Gasteiger charge is -2.34. The molecule has 0 unspecified atom stereocenters. The number of piperazine rings is 1. The average molecular weight is 1960 g/mol. The Labute approximate surface area is 827 Å². The highest BCUT2D eigenvalue weighted by atomic mass is 19.4. The van der Waals surface area contributed by atoms with Crippen molar-refractivity contribution in [1.29, 1.82) is 0 Å². The number of aromatic nitrogens is 8. The van der Waals surface area contributed by atoms with Crippen LogP contribution in [0.15, 0.2) is 104 Å². The molecule has 5 aliphatic heterocycles. The highest BCUT2D eigenvalue weighted by molar-refractivity contribution is 6.05. The number of halogens is 3. The summed E-state index contributed by atoms with van der Waals surface area (Å²) in [5.41, 5.74) is 4.84. The molecule has 0 spiro atoms. The molecule has 4 saturated carbocycles. The summed E-state index contributed by atoms with van der Waals surface area (Å²) < 4.78 is 63.3. The number of hydrogen-bond donors (Lipinski definition) is 7. The largest absolute Gasteiger partial charge is 0.495 e. The van der Waals surface area contributed by atoms with E-state index in [1.807, 2.05) is 96.9 Å². The van der Waals surface area contributed by atoms with Gasteiger partial charge in [0.25, 0.3) is 11.8 Å². The minimum atomic E-state index is -4.51. The summed E-state index contributed by atoms with van der Waals surface area (Å²) in [6.07, 6.45) is 19.7. The number of carbonyl (C=O) groups excluding carboxylic acids is 8. The molecule has 5 fully saturated rings. The smallest absolute Gasteiger partial charge is 0.411 e. The van der Waals surface area contributed by atoms with Gasteiger partial charge in [-0.1, -0.05) is 57.4 Å². The van der Waals surface area contributed by atoms with E-state index in [0.29, 0.717) is 131 Å². The number of methoxy groups -OCH3 is 5. The van der Waals surface area contributed by atoms with E-state index in [4.69, 9.17) is 38.9 Å². The molecule has 4 aliphatic carbocycles. The Hall–Kier alpha value is -13.7. The van der Waals surface area contributed by atoms with Gasteiger partial charge in [-0.05, 0) is 174 Å². The van der Waals surface area contributed by atoms with E-state index in [1.165, 1.54) is 78.1 Å². The van der Waals surface area contributed by atoms with Gasteiger partial charge in [-0.25, -0.2) is 24.7 Å². The van der Waals surface area contributed by atoms with Crippen LogP contribution in [0.1, 0.15) is 179 Å². The molecule has 4 aromatic carbocycles. The summed E-state index contributed by atoms with van der Waals surface area (Å²) in [6.45, 7) is 20.0. The maximum Gasteiger partial charge on any atom is 0.411 e. The fourth-order valence-electron chi connectivity index (χ4n) is 20.0. The summed E-state index contributed by atoms with van der Waals surface area (Å²) >= 11 is 0. The second-order valence-corrected chi connectivity index (χ2v) is 40.2. The quantitative estimate of drug-likeness (QED) is 0.0331. The first-order chi connectivity index (χ1) is 67.6. The number of ether oxygens (including phenoxy) is 5. The maximum absolute atomic E-state index is 13.2. The molecule has 0 bridgehead atoms. The van der Waals surface area contributed by atoms with Gasteiger partial charge in [0.05, 0.1) is 91.9 Å². The number of nitrogens with one attached hydrogen (secondary N) is 7. The van der Waals surface area contributed by atoms with E-state index in [0.717, 1.165) is 119 Å². The number of carbonyl (C=O) groups is 8. The Morgan fingerprint density at radius 3 is 1.08 bits per heavy atom. The first-order valence-corrected chi connectivity index (χ1v) is 48.4. The van der Waals surface area contributed by atoms with Gasteiger partial charge in [-0.2, -0.15) is 33.1 Å². The average Bonchev–Trinajstić information content (AvgIpc) is 1.63. The maximum atomic E-state index is 13.2. The summed E-state index contributed by atoms with van der Waals surface area (Å²) in [4.78, 5) is 159. The van der Waals surface area contributed by atoms with Crippen molar-refractivity contribution in [2.24, 2.45) is 21.7 Å². The van der Waals surface area contributed by atoms with Crippen molar-refractivity contribution in [3.63, 3.8) is 0 Å². The van der Waals surface area contributed by atoms with Crippen molar-refractivity contribution in [1.82, 2.24) is 55.0 Å². The number of amides is 8. The van der Waals surface area contributed by atoms with Crippen LogP contribution in [-0.2, 0) is 33.4 Å². The van der Waals surface area contributed by atoms with Gasteiger partial charge in [0.2, 0.25) is 53.3 Å². The third-order valence-electron chi connectivity index (χ3n) is 27.6. The lowest BCUT2D eigenvalue weighted by atomic mass is 9.91. The van der Waals surface area contributed by atoms with Gasteiger partial charge < -0.3 is 105 Å². The monoisotopic (exact) mass is 1960 g/mol. The van der Waals surface area contributed by atoms with Crippen LogP contribution >= 0.6 is 0 Å². The lowest BCUT2D eigenvalue weighted by molar-refractivity contribution is -0.126.